The fraction of sp³-hybridized carbons (Fsp3) is 0.273. The van der Waals surface area contributed by atoms with Crippen molar-refractivity contribution in [2.75, 3.05) is 0 Å². The van der Waals surface area contributed by atoms with E-state index in [4.69, 9.17) is 0 Å². The first-order valence-corrected chi connectivity index (χ1v) is 5.04. The minimum atomic E-state index is 0.622. The number of thiophene rings is 1. The fourth-order valence-corrected chi connectivity index (χ4v) is 2.04. The van der Waals surface area contributed by atoms with Crippen molar-refractivity contribution in [2.45, 2.75) is 19.8 Å². The van der Waals surface area contributed by atoms with E-state index >= 15 is 0 Å². The zero-order chi connectivity index (χ0) is 8.55. The standard InChI is InChI=1S/C11H11S/c1-8(2)10-4-3-9-5-6-12-11(9)7-10/h3-4,6-8H,1-2H3. The van der Waals surface area contributed by atoms with E-state index < -0.39 is 0 Å². The summed E-state index contributed by atoms with van der Waals surface area (Å²) >= 11 is 1.76. The molecule has 0 atom stereocenters. The van der Waals surface area contributed by atoms with E-state index in [1.165, 1.54) is 15.6 Å². The molecule has 0 saturated carbocycles. The van der Waals surface area contributed by atoms with Crippen molar-refractivity contribution in [3.8, 4) is 0 Å². The molecule has 2 aromatic rings. The highest BCUT2D eigenvalue weighted by molar-refractivity contribution is 7.17. The van der Waals surface area contributed by atoms with Crippen LogP contribution in [-0.4, -0.2) is 0 Å². The quantitative estimate of drug-likeness (QED) is 0.618. The molecule has 0 unspecified atom stereocenters. The van der Waals surface area contributed by atoms with Gasteiger partial charge in [0.05, 0.1) is 0 Å². The molecule has 0 aliphatic carbocycles. The SMILES string of the molecule is CC(C)c1ccc2[c]csc2c1. The highest BCUT2D eigenvalue weighted by Gasteiger charge is 2.00. The van der Waals surface area contributed by atoms with E-state index in [1.54, 1.807) is 11.3 Å². The Bertz CT molecular complexity index is 385. The Balaban J connectivity index is 2.60. The first kappa shape index (κ1) is 7.81. The molecule has 1 heteroatoms. The van der Waals surface area contributed by atoms with Crippen molar-refractivity contribution in [3.05, 3.63) is 35.2 Å². The molecule has 0 aliphatic heterocycles. The summed E-state index contributed by atoms with van der Waals surface area (Å²) in [5.74, 6) is 0.622. The maximum Gasteiger partial charge on any atom is 0.0352 e. The first-order valence-electron chi connectivity index (χ1n) is 4.16. The van der Waals surface area contributed by atoms with Crippen LogP contribution in [0.4, 0.5) is 0 Å². The Labute approximate surface area is 76.8 Å². The molecule has 1 heterocycles. The van der Waals surface area contributed by atoms with Crippen LogP contribution in [0, 0.1) is 6.07 Å². The van der Waals surface area contributed by atoms with Crippen LogP contribution < -0.4 is 0 Å². The van der Waals surface area contributed by atoms with Crippen LogP contribution >= 0.6 is 11.3 Å². The lowest BCUT2D eigenvalue weighted by Gasteiger charge is -2.03. The Kier molecular flexibility index (Phi) is 1.89. The molecule has 0 spiro atoms. The molecule has 0 bridgehead atoms. The van der Waals surface area contributed by atoms with Gasteiger partial charge < -0.3 is 0 Å². The van der Waals surface area contributed by atoms with Crippen molar-refractivity contribution in [1.82, 2.24) is 0 Å². The Morgan fingerprint density at radius 1 is 1.33 bits per heavy atom. The second kappa shape index (κ2) is 2.91. The summed E-state index contributed by atoms with van der Waals surface area (Å²) in [6.45, 7) is 4.44. The third-order valence-corrected chi connectivity index (χ3v) is 2.90. The van der Waals surface area contributed by atoms with Gasteiger partial charge in [0.2, 0.25) is 0 Å². The summed E-state index contributed by atoms with van der Waals surface area (Å²) in [6, 6.07) is 9.81. The summed E-state index contributed by atoms with van der Waals surface area (Å²) in [5.41, 5.74) is 1.42. The van der Waals surface area contributed by atoms with Gasteiger partial charge in [-0.25, -0.2) is 0 Å². The molecule has 0 nitrogen and oxygen atoms in total. The predicted molar refractivity (Wildman–Crippen MR) is 54.8 cm³/mol. The van der Waals surface area contributed by atoms with E-state index in [-0.39, 0.29) is 0 Å². The molecule has 1 aromatic heterocycles. The van der Waals surface area contributed by atoms with Crippen molar-refractivity contribution in [2.24, 2.45) is 0 Å². The Hall–Kier alpha value is -0.820. The van der Waals surface area contributed by atoms with Crippen LogP contribution in [0.15, 0.2) is 23.6 Å². The van der Waals surface area contributed by atoms with Gasteiger partial charge in [-0.1, -0.05) is 26.0 Å². The van der Waals surface area contributed by atoms with Gasteiger partial charge in [-0.05, 0) is 22.9 Å². The number of benzene rings is 1. The van der Waals surface area contributed by atoms with E-state index in [0.29, 0.717) is 5.92 Å². The third-order valence-electron chi connectivity index (χ3n) is 2.07. The van der Waals surface area contributed by atoms with E-state index in [9.17, 15) is 0 Å². The minimum Gasteiger partial charge on any atom is -0.143 e. The molecule has 0 aliphatic rings. The zero-order valence-electron chi connectivity index (χ0n) is 7.29. The summed E-state index contributed by atoms with van der Waals surface area (Å²) in [4.78, 5) is 0. The van der Waals surface area contributed by atoms with E-state index in [2.05, 4.69) is 38.1 Å². The highest BCUT2D eigenvalue weighted by atomic mass is 32.1. The molecule has 0 saturated heterocycles. The van der Waals surface area contributed by atoms with Crippen LogP contribution in [0.1, 0.15) is 25.3 Å². The van der Waals surface area contributed by atoms with Gasteiger partial charge in [0, 0.05) is 16.2 Å². The summed E-state index contributed by atoms with van der Waals surface area (Å²) in [6.07, 6.45) is 0. The molecule has 0 N–H and O–H groups in total. The monoisotopic (exact) mass is 175 g/mol. The average molecular weight is 175 g/mol. The van der Waals surface area contributed by atoms with Crippen molar-refractivity contribution in [3.63, 3.8) is 0 Å². The first-order chi connectivity index (χ1) is 5.77. The Morgan fingerprint density at radius 2 is 2.17 bits per heavy atom. The fourth-order valence-electron chi connectivity index (χ4n) is 1.27. The number of hydrogen-bond acceptors (Lipinski definition) is 1. The van der Waals surface area contributed by atoms with E-state index in [0.717, 1.165) is 0 Å². The van der Waals surface area contributed by atoms with Crippen molar-refractivity contribution >= 4 is 21.4 Å². The van der Waals surface area contributed by atoms with Gasteiger partial charge in [-0.15, -0.1) is 11.3 Å². The third kappa shape index (κ3) is 1.25. The molecule has 0 fully saturated rings. The summed E-state index contributed by atoms with van der Waals surface area (Å²) < 4.78 is 1.35. The number of fused-ring (bicyclic) bond motifs is 1. The van der Waals surface area contributed by atoms with Gasteiger partial charge in [-0.2, -0.15) is 0 Å². The maximum atomic E-state index is 3.20. The van der Waals surface area contributed by atoms with Gasteiger partial charge in [0.25, 0.3) is 0 Å². The van der Waals surface area contributed by atoms with Crippen LogP contribution in [0.5, 0.6) is 0 Å². The molecule has 0 amide bonds. The zero-order valence-corrected chi connectivity index (χ0v) is 8.11. The molecule has 1 radical (unpaired) electrons. The molecule has 1 aromatic carbocycles. The minimum absolute atomic E-state index is 0.622. The van der Waals surface area contributed by atoms with Gasteiger partial charge >= 0.3 is 0 Å². The predicted octanol–water partition coefficient (Wildman–Crippen LogP) is 3.82. The lowest BCUT2D eigenvalue weighted by molar-refractivity contribution is 0.869. The van der Waals surface area contributed by atoms with Crippen LogP contribution in [0.2, 0.25) is 0 Å². The average Bonchev–Trinajstić information content (AvgIpc) is 2.49. The van der Waals surface area contributed by atoms with Gasteiger partial charge in [0.1, 0.15) is 0 Å². The summed E-state index contributed by atoms with van der Waals surface area (Å²) in [7, 11) is 0. The van der Waals surface area contributed by atoms with Crippen molar-refractivity contribution < 1.29 is 0 Å². The maximum absolute atomic E-state index is 3.20. The largest absolute Gasteiger partial charge is 0.143 e. The number of rotatable bonds is 1. The molecule has 61 valence electrons. The Morgan fingerprint density at radius 3 is 2.92 bits per heavy atom. The topological polar surface area (TPSA) is 0 Å². The smallest absolute Gasteiger partial charge is 0.0352 e. The molecular weight excluding hydrogens is 164 g/mol. The molecule has 12 heavy (non-hydrogen) atoms. The van der Waals surface area contributed by atoms with Gasteiger partial charge in [0.15, 0.2) is 0 Å². The second-order valence-electron chi connectivity index (χ2n) is 3.29. The molecule has 2 rings (SSSR count). The van der Waals surface area contributed by atoms with Crippen molar-refractivity contribution in [1.29, 1.82) is 0 Å². The highest BCUT2D eigenvalue weighted by Crippen LogP contribution is 2.24. The summed E-state index contributed by atoms with van der Waals surface area (Å²) in [5, 5.41) is 3.26. The number of hydrogen-bond donors (Lipinski definition) is 0. The lowest BCUT2D eigenvalue weighted by Crippen LogP contribution is -1.84. The van der Waals surface area contributed by atoms with Crippen LogP contribution in [0.25, 0.3) is 10.1 Å². The lowest BCUT2D eigenvalue weighted by atomic mass is 10.0. The van der Waals surface area contributed by atoms with Crippen LogP contribution in [-0.2, 0) is 0 Å². The van der Waals surface area contributed by atoms with Crippen LogP contribution in [0.3, 0.4) is 0 Å². The van der Waals surface area contributed by atoms with Gasteiger partial charge in [-0.3, -0.25) is 0 Å². The normalized spacial score (nSPS) is 11.2. The van der Waals surface area contributed by atoms with E-state index in [1.807, 2.05) is 5.38 Å². The second-order valence-corrected chi connectivity index (χ2v) is 4.20. The molecular formula is C11H11S.